The zero-order chi connectivity index (χ0) is 13.9. The third-order valence-corrected chi connectivity index (χ3v) is 4.96. The van der Waals surface area contributed by atoms with Crippen molar-refractivity contribution in [2.45, 2.75) is 45.1 Å². The average Bonchev–Trinajstić information content (AvgIpc) is 2.83. The molecule has 1 saturated heterocycles. The molecule has 19 heavy (non-hydrogen) atoms. The lowest BCUT2D eigenvalue weighted by Crippen LogP contribution is -2.41. The van der Waals surface area contributed by atoms with E-state index in [-0.39, 0.29) is 5.54 Å². The van der Waals surface area contributed by atoms with E-state index in [1.54, 1.807) is 0 Å². The van der Waals surface area contributed by atoms with Crippen LogP contribution in [0.1, 0.15) is 38.7 Å². The molecular formula is C15H21Br2NO. The number of hydrogen-bond acceptors (Lipinski definition) is 2. The van der Waals surface area contributed by atoms with Gasteiger partial charge in [-0.15, -0.1) is 0 Å². The van der Waals surface area contributed by atoms with E-state index in [0.29, 0.717) is 6.61 Å². The van der Waals surface area contributed by atoms with Crippen LogP contribution in [0.3, 0.4) is 0 Å². The Hall–Kier alpha value is -0.0600. The molecule has 0 radical (unpaired) electrons. The van der Waals surface area contributed by atoms with Gasteiger partial charge in [0.05, 0.1) is 11.1 Å². The van der Waals surface area contributed by atoms with Gasteiger partial charge in [-0.3, -0.25) is 0 Å². The Morgan fingerprint density at radius 3 is 2.68 bits per heavy atom. The van der Waals surface area contributed by atoms with Crippen molar-refractivity contribution in [1.29, 1.82) is 0 Å². The molecule has 1 aromatic carbocycles. The quantitative estimate of drug-likeness (QED) is 0.787. The fourth-order valence-electron chi connectivity index (χ4n) is 2.86. The number of hydrogen-bond donors (Lipinski definition) is 1. The lowest BCUT2D eigenvalue weighted by atomic mass is 9.86. The van der Waals surface area contributed by atoms with Crippen molar-refractivity contribution in [3.05, 3.63) is 26.6 Å². The molecule has 2 rings (SSSR count). The van der Waals surface area contributed by atoms with Crippen molar-refractivity contribution in [2.24, 2.45) is 0 Å². The van der Waals surface area contributed by atoms with Gasteiger partial charge in [-0.2, -0.15) is 0 Å². The minimum atomic E-state index is 0.242. The first-order valence-electron chi connectivity index (χ1n) is 6.96. The standard InChI is InChI=1S/C15H21Br2NO/c1-3-15(6-5-7-18-15)10-11-8-12(16)9-13(17)14(11)19-4-2/h8-9,18H,3-7,10H2,1-2H3. The Kier molecular flexibility index (Phi) is 5.32. The van der Waals surface area contributed by atoms with Crippen LogP contribution < -0.4 is 10.1 Å². The first-order valence-corrected chi connectivity index (χ1v) is 8.54. The summed E-state index contributed by atoms with van der Waals surface area (Å²) in [5.41, 5.74) is 1.52. The van der Waals surface area contributed by atoms with Crippen LogP contribution in [0.4, 0.5) is 0 Å². The maximum Gasteiger partial charge on any atom is 0.136 e. The van der Waals surface area contributed by atoms with E-state index in [2.05, 4.69) is 56.2 Å². The smallest absolute Gasteiger partial charge is 0.136 e. The SMILES string of the molecule is CCOc1c(Br)cc(Br)cc1CC1(CC)CCCN1. The second kappa shape index (κ2) is 6.59. The van der Waals surface area contributed by atoms with Gasteiger partial charge < -0.3 is 10.1 Å². The maximum atomic E-state index is 5.83. The molecule has 1 N–H and O–H groups in total. The van der Waals surface area contributed by atoms with Gasteiger partial charge in [-0.1, -0.05) is 22.9 Å². The molecule has 0 aliphatic carbocycles. The zero-order valence-electron chi connectivity index (χ0n) is 11.6. The van der Waals surface area contributed by atoms with Crippen molar-refractivity contribution < 1.29 is 4.74 Å². The average molecular weight is 391 g/mol. The Morgan fingerprint density at radius 2 is 2.11 bits per heavy atom. The maximum absolute atomic E-state index is 5.83. The van der Waals surface area contributed by atoms with E-state index in [0.717, 1.165) is 34.1 Å². The molecule has 1 fully saturated rings. The van der Waals surface area contributed by atoms with Crippen LogP contribution in [0, 0.1) is 0 Å². The van der Waals surface area contributed by atoms with Gasteiger partial charge in [0, 0.05) is 10.0 Å². The molecule has 0 amide bonds. The van der Waals surface area contributed by atoms with Crippen LogP contribution in [0.5, 0.6) is 5.75 Å². The van der Waals surface area contributed by atoms with E-state index < -0.39 is 0 Å². The highest BCUT2D eigenvalue weighted by atomic mass is 79.9. The number of halogens is 2. The Bertz CT molecular complexity index is 442. The van der Waals surface area contributed by atoms with Crippen molar-refractivity contribution >= 4 is 31.9 Å². The lowest BCUT2D eigenvalue weighted by Gasteiger charge is -2.29. The van der Waals surface area contributed by atoms with Crippen LogP contribution in [0.2, 0.25) is 0 Å². The van der Waals surface area contributed by atoms with Crippen molar-refractivity contribution in [2.75, 3.05) is 13.2 Å². The van der Waals surface area contributed by atoms with Gasteiger partial charge in [-0.25, -0.2) is 0 Å². The van der Waals surface area contributed by atoms with Gasteiger partial charge in [-0.05, 0) is 72.8 Å². The summed E-state index contributed by atoms with van der Waals surface area (Å²) < 4.78 is 7.96. The Balaban J connectivity index is 2.32. The van der Waals surface area contributed by atoms with Gasteiger partial charge in [0.2, 0.25) is 0 Å². The lowest BCUT2D eigenvalue weighted by molar-refractivity contribution is 0.319. The van der Waals surface area contributed by atoms with Crippen LogP contribution in [-0.4, -0.2) is 18.7 Å². The van der Waals surface area contributed by atoms with Crippen molar-refractivity contribution in [3.63, 3.8) is 0 Å². The predicted molar refractivity (Wildman–Crippen MR) is 87.0 cm³/mol. The fraction of sp³-hybridized carbons (Fsp3) is 0.600. The van der Waals surface area contributed by atoms with Crippen LogP contribution in [0.15, 0.2) is 21.1 Å². The molecule has 1 heterocycles. The van der Waals surface area contributed by atoms with E-state index in [4.69, 9.17) is 4.74 Å². The van der Waals surface area contributed by atoms with Gasteiger partial charge in [0.15, 0.2) is 0 Å². The molecule has 0 aromatic heterocycles. The first-order chi connectivity index (χ1) is 9.10. The monoisotopic (exact) mass is 389 g/mol. The molecule has 1 atom stereocenters. The number of ether oxygens (including phenoxy) is 1. The summed E-state index contributed by atoms with van der Waals surface area (Å²) in [5, 5.41) is 3.69. The van der Waals surface area contributed by atoms with E-state index in [1.165, 1.54) is 18.4 Å². The van der Waals surface area contributed by atoms with Gasteiger partial charge >= 0.3 is 0 Å². The van der Waals surface area contributed by atoms with E-state index in [9.17, 15) is 0 Å². The molecule has 1 aliphatic heterocycles. The molecule has 2 nitrogen and oxygen atoms in total. The van der Waals surface area contributed by atoms with Gasteiger partial charge in [0.25, 0.3) is 0 Å². The highest BCUT2D eigenvalue weighted by Gasteiger charge is 2.32. The molecule has 106 valence electrons. The summed E-state index contributed by atoms with van der Waals surface area (Å²) in [5.74, 6) is 0.993. The van der Waals surface area contributed by atoms with Crippen molar-refractivity contribution in [3.8, 4) is 5.75 Å². The minimum absolute atomic E-state index is 0.242. The molecular weight excluding hydrogens is 370 g/mol. The molecule has 0 saturated carbocycles. The summed E-state index contributed by atoms with van der Waals surface area (Å²) in [7, 11) is 0. The first kappa shape index (κ1) is 15.3. The van der Waals surface area contributed by atoms with Crippen LogP contribution >= 0.6 is 31.9 Å². The minimum Gasteiger partial charge on any atom is -0.492 e. The molecule has 1 unspecified atom stereocenters. The largest absolute Gasteiger partial charge is 0.492 e. The fourth-order valence-corrected chi connectivity index (χ4v) is 4.29. The van der Waals surface area contributed by atoms with E-state index in [1.807, 2.05) is 6.92 Å². The van der Waals surface area contributed by atoms with Gasteiger partial charge in [0.1, 0.15) is 5.75 Å². The third kappa shape index (κ3) is 3.53. The number of nitrogens with one attached hydrogen (secondary N) is 1. The molecule has 1 aromatic rings. The summed E-state index contributed by atoms with van der Waals surface area (Å²) >= 11 is 7.19. The second-order valence-corrected chi connectivity index (χ2v) is 6.92. The Morgan fingerprint density at radius 1 is 1.32 bits per heavy atom. The molecule has 0 spiro atoms. The summed E-state index contributed by atoms with van der Waals surface area (Å²) in [4.78, 5) is 0. The summed E-state index contributed by atoms with van der Waals surface area (Å²) in [6, 6.07) is 4.24. The zero-order valence-corrected chi connectivity index (χ0v) is 14.7. The number of rotatable bonds is 5. The highest BCUT2D eigenvalue weighted by Crippen LogP contribution is 2.37. The van der Waals surface area contributed by atoms with Crippen molar-refractivity contribution in [1.82, 2.24) is 5.32 Å². The third-order valence-electron chi connectivity index (χ3n) is 3.91. The predicted octanol–water partition coefficient (Wildman–Crippen LogP) is 4.69. The summed E-state index contributed by atoms with van der Waals surface area (Å²) in [6.45, 7) is 6.13. The Labute approximate surface area is 132 Å². The second-order valence-electron chi connectivity index (χ2n) is 5.15. The van der Waals surface area contributed by atoms with E-state index >= 15 is 0 Å². The normalized spacial score (nSPS) is 22.7. The highest BCUT2D eigenvalue weighted by molar-refractivity contribution is 9.11. The molecule has 1 aliphatic rings. The van der Waals surface area contributed by atoms with Crippen LogP contribution in [0.25, 0.3) is 0 Å². The molecule has 0 bridgehead atoms. The number of benzene rings is 1. The molecule has 4 heteroatoms. The van der Waals surface area contributed by atoms with Crippen LogP contribution in [-0.2, 0) is 6.42 Å². The topological polar surface area (TPSA) is 21.3 Å². The summed E-state index contributed by atoms with van der Waals surface area (Å²) in [6.07, 6.45) is 4.70.